The molecule has 2 rings (SSSR count). The SMILES string of the molecule is O=c1sccn1Cc1cc(F)ccc1F. The number of thiazole rings is 1. The Morgan fingerprint density at radius 3 is 2.80 bits per heavy atom. The molecule has 2 nitrogen and oxygen atoms in total. The monoisotopic (exact) mass is 227 g/mol. The van der Waals surface area contributed by atoms with Gasteiger partial charge in [0.1, 0.15) is 11.6 Å². The fourth-order valence-corrected chi connectivity index (χ4v) is 1.84. The van der Waals surface area contributed by atoms with Gasteiger partial charge in [0.15, 0.2) is 0 Å². The molecule has 0 aliphatic rings. The van der Waals surface area contributed by atoms with Crippen LogP contribution in [0.1, 0.15) is 5.56 Å². The van der Waals surface area contributed by atoms with Crippen LogP contribution in [0, 0.1) is 11.6 Å². The number of hydrogen-bond acceptors (Lipinski definition) is 2. The Labute approximate surface area is 88.4 Å². The second kappa shape index (κ2) is 3.94. The molecule has 1 aromatic heterocycles. The van der Waals surface area contributed by atoms with Crippen molar-refractivity contribution in [3.8, 4) is 0 Å². The predicted molar refractivity (Wildman–Crippen MR) is 54.0 cm³/mol. The lowest BCUT2D eigenvalue weighted by Crippen LogP contribution is -2.13. The lowest BCUT2D eigenvalue weighted by atomic mass is 10.2. The van der Waals surface area contributed by atoms with Gasteiger partial charge in [-0.15, -0.1) is 0 Å². The number of hydrogen-bond donors (Lipinski definition) is 0. The third kappa shape index (κ3) is 2.12. The summed E-state index contributed by atoms with van der Waals surface area (Å²) in [5.41, 5.74) is 0.176. The molecule has 5 heteroatoms. The van der Waals surface area contributed by atoms with E-state index in [4.69, 9.17) is 0 Å². The third-order valence-electron chi connectivity index (χ3n) is 1.99. The minimum absolute atomic E-state index is 0.0614. The van der Waals surface area contributed by atoms with E-state index in [2.05, 4.69) is 0 Å². The van der Waals surface area contributed by atoms with Crippen LogP contribution in [0.3, 0.4) is 0 Å². The Hall–Kier alpha value is -1.49. The summed E-state index contributed by atoms with van der Waals surface area (Å²) in [4.78, 5) is 11.0. The number of aromatic nitrogens is 1. The van der Waals surface area contributed by atoms with Gasteiger partial charge in [-0.3, -0.25) is 4.79 Å². The highest BCUT2D eigenvalue weighted by molar-refractivity contribution is 7.07. The van der Waals surface area contributed by atoms with Crippen molar-refractivity contribution in [2.45, 2.75) is 6.54 Å². The quantitative estimate of drug-likeness (QED) is 0.771. The van der Waals surface area contributed by atoms with Crippen molar-refractivity contribution in [3.63, 3.8) is 0 Å². The van der Waals surface area contributed by atoms with E-state index in [1.165, 1.54) is 4.57 Å². The largest absolute Gasteiger partial charge is 0.307 e. The third-order valence-corrected chi connectivity index (χ3v) is 2.69. The zero-order valence-corrected chi connectivity index (χ0v) is 8.43. The molecule has 0 N–H and O–H groups in total. The molecule has 0 spiro atoms. The number of benzene rings is 1. The van der Waals surface area contributed by atoms with E-state index in [9.17, 15) is 13.6 Å². The van der Waals surface area contributed by atoms with E-state index in [-0.39, 0.29) is 17.0 Å². The normalized spacial score (nSPS) is 10.5. The molecule has 0 amide bonds. The molecular weight excluding hydrogens is 220 g/mol. The van der Waals surface area contributed by atoms with Crippen LogP contribution < -0.4 is 4.87 Å². The molecule has 0 aliphatic heterocycles. The fourth-order valence-electron chi connectivity index (χ4n) is 1.26. The Balaban J connectivity index is 2.36. The van der Waals surface area contributed by atoms with E-state index in [0.29, 0.717) is 0 Å². The fraction of sp³-hybridized carbons (Fsp3) is 0.100. The summed E-state index contributed by atoms with van der Waals surface area (Å²) in [6.45, 7) is 0.0614. The second-order valence-electron chi connectivity index (χ2n) is 3.03. The van der Waals surface area contributed by atoms with Crippen molar-refractivity contribution in [3.05, 3.63) is 56.6 Å². The van der Waals surface area contributed by atoms with Crippen LogP contribution >= 0.6 is 11.3 Å². The van der Waals surface area contributed by atoms with Crippen LogP contribution in [0.5, 0.6) is 0 Å². The molecule has 0 fully saturated rings. The van der Waals surface area contributed by atoms with Crippen LogP contribution in [-0.4, -0.2) is 4.57 Å². The van der Waals surface area contributed by atoms with Gasteiger partial charge >= 0.3 is 4.87 Å². The standard InChI is InChI=1S/C10H7F2NOS/c11-8-1-2-9(12)7(5-8)6-13-3-4-15-10(13)14/h1-5H,6H2. The first-order valence-corrected chi connectivity index (χ1v) is 5.12. The molecule has 2 aromatic rings. The zero-order valence-electron chi connectivity index (χ0n) is 7.61. The molecule has 1 heterocycles. The maximum absolute atomic E-state index is 13.2. The molecule has 1 aromatic carbocycles. The van der Waals surface area contributed by atoms with Gasteiger partial charge in [-0.25, -0.2) is 8.78 Å². The molecular formula is C10H7F2NOS. The molecule has 0 aliphatic carbocycles. The molecule has 78 valence electrons. The lowest BCUT2D eigenvalue weighted by molar-refractivity contribution is 0.576. The first kappa shape index (κ1) is 10.0. The topological polar surface area (TPSA) is 22.0 Å². The van der Waals surface area contributed by atoms with Gasteiger partial charge in [0.2, 0.25) is 0 Å². The summed E-state index contributed by atoms with van der Waals surface area (Å²) in [7, 11) is 0. The zero-order chi connectivity index (χ0) is 10.8. The highest BCUT2D eigenvalue weighted by Gasteiger charge is 2.05. The summed E-state index contributed by atoms with van der Waals surface area (Å²) < 4.78 is 27.4. The van der Waals surface area contributed by atoms with Crippen molar-refractivity contribution in [1.29, 1.82) is 0 Å². The highest BCUT2D eigenvalue weighted by Crippen LogP contribution is 2.10. The maximum atomic E-state index is 13.2. The molecule has 0 saturated heterocycles. The number of halogens is 2. The van der Waals surface area contributed by atoms with E-state index < -0.39 is 11.6 Å². The van der Waals surface area contributed by atoms with Gasteiger partial charge in [-0.2, -0.15) is 0 Å². The highest BCUT2D eigenvalue weighted by atomic mass is 32.1. The average Bonchev–Trinajstić information content (AvgIpc) is 2.58. The van der Waals surface area contributed by atoms with Crippen LogP contribution in [0.15, 0.2) is 34.6 Å². The van der Waals surface area contributed by atoms with E-state index in [1.54, 1.807) is 11.6 Å². The molecule has 0 atom stereocenters. The lowest BCUT2D eigenvalue weighted by Gasteiger charge is -2.03. The summed E-state index contributed by atoms with van der Waals surface area (Å²) >= 11 is 1.02. The van der Waals surface area contributed by atoms with Crippen molar-refractivity contribution >= 4 is 11.3 Å². The Bertz CT molecular complexity index is 532. The molecule has 0 saturated carbocycles. The first-order chi connectivity index (χ1) is 7.16. The van der Waals surface area contributed by atoms with Crippen molar-refractivity contribution < 1.29 is 8.78 Å². The second-order valence-corrected chi connectivity index (χ2v) is 3.89. The molecule has 0 unspecified atom stereocenters. The predicted octanol–water partition coefficient (Wildman–Crippen LogP) is 2.24. The molecule has 15 heavy (non-hydrogen) atoms. The maximum Gasteiger partial charge on any atom is 0.307 e. The summed E-state index contributed by atoms with van der Waals surface area (Å²) in [5, 5.41) is 1.61. The minimum atomic E-state index is -0.505. The summed E-state index contributed by atoms with van der Waals surface area (Å²) in [6.07, 6.45) is 1.55. The van der Waals surface area contributed by atoms with Crippen molar-refractivity contribution in [2.24, 2.45) is 0 Å². The Kier molecular flexibility index (Phi) is 2.64. The van der Waals surface area contributed by atoms with Crippen molar-refractivity contribution in [1.82, 2.24) is 4.57 Å². The van der Waals surface area contributed by atoms with E-state index in [0.717, 1.165) is 29.5 Å². The first-order valence-electron chi connectivity index (χ1n) is 4.24. The van der Waals surface area contributed by atoms with Crippen LogP contribution in [0.4, 0.5) is 8.78 Å². The van der Waals surface area contributed by atoms with Gasteiger partial charge in [0.25, 0.3) is 0 Å². The van der Waals surface area contributed by atoms with Gasteiger partial charge in [-0.1, -0.05) is 11.3 Å². The Morgan fingerprint density at radius 2 is 2.13 bits per heavy atom. The summed E-state index contributed by atoms with van der Waals surface area (Å²) in [6, 6.07) is 3.21. The van der Waals surface area contributed by atoms with Crippen LogP contribution in [-0.2, 0) is 6.54 Å². The molecule has 0 radical (unpaired) electrons. The van der Waals surface area contributed by atoms with Gasteiger partial charge in [0.05, 0.1) is 6.54 Å². The molecule has 0 bridgehead atoms. The van der Waals surface area contributed by atoms with Gasteiger partial charge in [0, 0.05) is 17.1 Å². The number of nitrogens with zero attached hydrogens (tertiary/aromatic N) is 1. The Morgan fingerprint density at radius 1 is 1.33 bits per heavy atom. The van der Waals surface area contributed by atoms with Crippen LogP contribution in [0.2, 0.25) is 0 Å². The average molecular weight is 227 g/mol. The van der Waals surface area contributed by atoms with Gasteiger partial charge in [-0.05, 0) is 18.2 Å². The van der Waals surface area contributed by atoms with Gasteiger partial charge < -0.3 is 4.57 Å². The van der Waals surface area contributed by atoms with Crippen LogP contribution in [0.25, 0.3) is 0 Å². The van der Waals surface area contributed by atoms with E-state index >= 15 is 0 Å². The minimum Gasteiger partial charge on any atom is -0.301 e. The van der Waals surface area contributed by atoms with Crippen molar-refractivity contribution in [2.75, 3.05) is 0 Å². The summed E-state index contributed by atoms with van der Waals surface area (Å²) in [5.74, 6) is -1.01. The van der Waals surface area contributed by atoms with E-state index in [1.807, 2.05) is 0 Å². The smallest absolute Gasteiger partial charge is 0.301 e. The number of rotatable bonds is 2.